The number of benzene rings is 4. The summed E-state index contributed by atoms with van der Waals surface area (Å²) in [6.45, 7) is 0.0118. The summed E-state index contributed by atoms with van der Waals surface area (Å²) in [6, 6.07) is 31.0. The van der Waals surface area contributed by atoms with E-state index in [9.17, 15) is 14.0 Å². The van der Waals surface area contributed by atoms with E-state index >= 15 is 0 Å². The average molecular weight is 439 g/mol. The molecule has 0 unspecified atom stereocenters. The van der Waals surface area contributed by atoms with E-state index in [1.165, 1.54) is 24.3 Å². The summed E-state index contributed by atoms with van der Waals surface area (Å²) >= 11 is 0. The molecule has 5 heteroatoms. The van der Waals surface area contributed by atoms with Crippen LogP contribution >= 0.6 is 0 Å². The third kappa shape index (κ3) is 5.52. The summed E-state index contributed by atoms with van der Waals surface area (Å²) in [5, 5.41) is 0. The molecule has 0 fully saturated rings. The predicted octanol–water partition coefficient (Wildman–Crippen LogP) is 5.67. The van der Waals surface area contributed by atoms with Gasteiger partial charge in [-0.1, -0.05) is 72.8 Å². The van der Waals surface area contributed by atoms with E-state index in [0.717, 1.165) is 5.56 Å². The Morgan fingerprint density at radius 3 is 2.03 bits per heavy atom. The number of rotatable bonds is 8. The van der Waals surface area contributed by atoms with Gasteiger partial charge in [-0.15, -0.1) is 0 Å². The number of hydrogen-bond donors (Lipinski definition) is 0. The first-order valence-corrected chi connectivity index (χ1v) is 10.5. The molecule has 1 amide bonds. The van der Waals surface area contributed by atoms with Gasteiger partial charge in [0.2, 0.25) is 0 Å². The standard InChI is InChI=1S/C28H22FNO3/c29-23-15-17-24(18-16-23)33-20-27(31)30(19-21-9-3-1-4-10-21)26-14-8-7-13-25(26)28(32)22-11-5-2-6-12-22/h1-18H,19-20H2. The van der Waals surface area contributed by atoms with E-state index in [0.29, 0.717) is 22.6 Å². The van der Waals surface area contributed by atoms with E-state index < -0.39 is 0 Å². The number of halogens is 1. The molecule has 0 aliphatic rings. The van der Waals surface area contributed by atoms with Crippen molar-refractivity contribution in [3.8, 4) is 5.75 Å². The third-order valence-electron chi connectivity index (χ3n) is 5.14. The van der Waals surface area contributed by atoms with Gasteiger partial charge in [0.05, 0.1) is 12.2 Å². The van der Waals surface area contributed by atoms with Crippen molar-refractivity contribution in [1.29, 1.82) is 0 Å². The molecular weight excluding hydrogens is 417 g/mol. The minimum atomic E-state index is -0.382. The van der Waals surface area contributed by atoms with E-state index in [4.69, 9.17) is 4.74 Å². The number of para-hydroxylation sites is 1. The zero-order valence-electron chi connectivity index (χ0n) is 17.9. The molecule has 164 valence electrons. The van der Waals surface area contributed by atoms with E-state index in [1.807, 2.05) is 36.4 Å². The fourth-order valence-corrected chi connectivity index (χ4v) is 3.47. The van der Waals surface area contributed by atoms with Gasteiger partial charge in [-0.2, -0.15) is 0 Å². The molecule has 0 N–H and O–H groups in total. The topological polar surface area (TPSA) is 46.6 Å². The molecule has 0 heterocycles. The lowest BCUT2D eigenvalue weighted by molar-refractivity contribution is -0.120. The Labute approximate surface area is 191 Å². The number of amides is 1. The fourth-order valence-electron chi connectivity index (χ4n) is 3.47. The van der Waals surface area contributed by atoms with Gasteiger partial charge in [0.1, 0.15) is 11.6 Å². The molecule has 0 aromatic heterocycles. The molecule has 0 saturated heterocycles. The number of anilines is 1. The van der Waals surface area contributed by atoms with Crippen molar-refractivity contribution in [3.63, 3.8) is 0 Å². The first kappa shape index (κ1) is 22.0. The van der Waals surface area contributed by atoms with Gasteiger partial charge in [0.15, 0.2) is 12.4 Å². The zero-order chi connectivity index (χ0) is 23.0. The summed E-state index contributed by atoms with van der Waals surface area (Å²) in [6.07, 6.45) is 0. The Hall–Kier alpha value is -4.25. The molecule has 0 atom stereocenters. The molecular formula is C28H22FNO3. The van der Waals surface area contributed by atoms with Gasteiger partial charge >= 0.3 is 0 Å². The van der Waals surface area contributed by atoms with Crippen LogP contribution in [-0.2, 0) is 11.3 Å². The van der Waals surface area contributed by atoms with Crippen LogP contribution in [-0.4, -0.2) is 18.3 Å². The SMILES string of the molecule is O=C(c1ccccc1)c1ccccc1N(Cc1ccccc1)C(=O)COc1ccc(F)cc1. The van der Waals surface area contributed by atoms with Gasteiger partial charge < -0.3 is 9.64 Å². The van der Waals surface area contributed by atoms with Crippen LogP contribution in [0.5, 0.6) is 5.75 Å². The van der Waals surface area contributed by atoms with Crippen molar-refractivity contribution in [2.75, 3.05) is 11.5 Å². The van der Waals surface area contributed by atoms with Gasteiger partial charge in [-0.3, -0.25) is 9.59 Å². The van der Waals surface area contributed by atoms with Crippen LogP contribution in [0.3, 0.4) is 0 Å². The smallest absolute Gasteiger partial charge is 0.265 e. The molecule has 0 radical (unpaired) electrons. The van der Waals surface area contributed by atoms with Gasteiger partial charge in [0, 0.05) is 11.1 Å². The normalized spacial score (nSPS) is 10.5. The molecule has 0 saturated carbocycles. The van der Waals surface area contributed by atoms with Crippen LogP contribution in [0.15, 0.2) is 109 Å². The molecule has 0 aliphatic heterocycles. The summed E-state index contributed by atoms with van der Waals surface area (Å²) in [5.41, 5.74) is 2.38. The number of carbonyl (C=O) groups excluding carboxylic acids is 2. The van der Waals surface area contributed by atoms with Gasteiger partial charge in [-0.05, 0) is 42.0 Å². The second-order valence-electron chi connectivity index (χ2n) is 7.42. The highest BCUT2D eigenvalue weighted by Gasteiger charge is 2.23. The number of nitrogens with zero attached hydrogens (tertiary/aromatic N) is 1. The largest absolute Gasteiger partial charge is 0.484 e. The van der Waals surface area contributed by atoms with Gasteiger partial charge in [0.25, 0.3) is 5.91 Å². The predicted molar refractivity (Wildman–Crippen MR) is 126 cm³/mol. The molecule has 4 aromatic carbocycles. The van der Waals surface area contributed by atoms with Gasteiger partial charge in [-0.25, -0.2) is 4.39 Å². The Bertz CT molecular complexity index is 1220. The van der Waals surface area contributed by atoms with E-state index in [1.54, 1.807) is 53.4 Å². The lowest BCUT2D eigenvalue weighted by Crippen LogP contribution is -2.35. The Morgan fingerprint density at radius 1 is 0.727 bits per heavy atom. The van der Waals surface area contributed by atoms with Crippen molar-refractivity contribution >= 4 is 17.4 Å². The fraction of sp³-hybridized carbons (Fsp3) is 0.0714. The summed E-state index contributed by atoms with van der Waals surface area (Å²) < 4.78 is 18.8. The minimum Gasteiger partial charge on any atom is -0.484 e. The lowest BCUT2D eigenvalue weighted by atomic mass is 10.0. The first-order valence-electron chi connectivity index (χ1n) is 10.5. The summed E-state index contributed by atoms with van der Waals surface area (Å²) in [5.74, 6) is -0.487. The third-order valence-corrected chi connectivity index (χ3v) is 5.14. The van der Waals surface area contributed by atoms with Crippen molar-refractivity contribution in [2.45, 2.75) is 6.54 Å². The van der Waals surface area contributed by atoms with Crippen molar-refractivity contribution in [1.82, 2.24) is 0 Å². The van der Waals surface area contributed by atoms with Crippen molar-refractivity contribution < 1.29 is 18.7 Å². The van der Waals surface area contributed by atoms with Crippen LogP contribution in [0.4, 0.5) is 10.1 Å². The Balaban J connectivity index is 1.65. The Morgan fingerprint density at radius 2 is 1.33 bits per heavy atom. The van der Waals surface area contributed by atoms with Crippen LogP contribution in [0.25, 0.3) is 0 Å². The highest BCUT2D eigenvalue weighted by atomic mass is 19.1. The van der Waals surface area contributed by atoms with Crippen LogP contribution in [0.1, 0.15) is 21.5 Å². The van der Waals surface area contributed by atoms with E-state index in [2.05, 4.69) is 0 Å². The molecule has 0 bridgehead atoms. The minimum absolute atomic E-state index is 0.170. The highest BCUT2D eigenvalue weighted by Crippen LogP contribution is 2.26. The van der Waals surface area contributed by atoms with Crippen molar-refractivity contribution in [3.05, 3.63) is 132 Å². The van der Waals surface area contributed by atoms with Crippen LogP contribution in [0.2, 0.25) is 0 Å². The molecule has 4 rings (SSSR count). The molecule has 0 spiro atoms. The maximum Gasteiger partial charge on any atom is 0.265 e. The first-order chi connectivity index (χ1) is 16.1. The second kappa shape index (κ2) is 10.4. The molecule has 33 heavy (non-hydrogen) atoms. The second-order valence-corrected chi connectivity index (χ2v) is 7.42. The maximum absolute atomic E-state index is 13.3. The number of carbonyl (C=O) groups is 2. The molecule has 0 aliphatic carbocycles. The number of hydrogen-bond acceptors (Lipinski definition) is 3. The van der Waals surface area contributed by atoms with Crippen LogP contribution < -0.4 is 9.64 Å². The zero-order valence-corrected chi connectivity index (χ0v) is 17.9. The monoisotopic (exact) mass is 439 g/mol. The average Bonchev–Trinajstić information content (AvgIpc) is 2.87. The summed E-state index contributed by atoms with van der Waals surface area (Å²) in [7, 11) is 0. The highest BCUT2D eigenvalue weighted by molar-refractivity contribution is 6.14. The number of ketones is 1. The number of ether oxygens (including phenoxy) is 1. The summed E-state index contributed by atoms with van der Waals surface area (Å²) in [4.78, 5) is 28.1. The molecule has 4 aromatic rings. The molecule has 4 nitrogen and oxygen atoms in total. The maximum atomic E-state index is 13.3. The van der Waals surface area contributed by atoms with Crippen molar-refractivity contribution in [2.24, 2.45) is 0 Å². The Kier molecular flexibility index (Phi) is 6.90. The lowest BCUT2D eigenvalue weighted by Gasteiger charge is -2.25. The van der Waals surface area contributed by atoms with E-state index in [-0.39, 0.29) is 30.7 Å². The quantitative estimate of drug-likeness (QED) is 0.333. The van der Waals surface area contributed by atoms with Crippen LogP contribution in [0, 0.1) is 5.82 Å².